The third kappa shape index (κ3) is 5.48. The van der Waals surface area contributed by atoms with Gasteiger partial charge < -0.3 is 14.3 Å². The van der Waals surface area contributed by atoms with Crippen molar-refractivity contribution in [2.45, 2.75) is 96.8 Å². The number of hydrogen-bond acceptors (Lipinski definition) is 3. The highest BCUT2D eigenvalue weighted by Gasteiger charge is 2.40. The topological polar surface area (TPSA) is 30.1 Å². The summed E-state index contributed by atoms with van der Waals surface area (Å²) < 4.78 is 12.3. The maximum atomic E-state index is 6.97. The first-order valence-corrected chi connectivity index (χ1v) is 25.5. The van der Waals surface area contributed by atoms with E-state index >= 15 is 0 Å². The molecular weight excluding hydrogens is 844 g/mol. The highest BCUT2D eigenvalue weighted by molar-refractivity contribution is 7.26. The van der Waals surface area contributed by atoms with E-state index in [2.05, 4.69) is 206 Å². The first kappa shape index (κ1) is 40.5. The summed E-state index contributed by atoms with van der Waals surface area (Å²) in [5, 5.41) is 11.7. The van der Waals surface area contributed by atoms with E-state index in [1.165, 1.54) is 126 Å². The van der Waals surface area contributed by atoms with E-state index in [0.717, 1.165) is 36.2 Å². The lowest BCUT2D eigenvalue weighted by atomic mass is 9.59. The zero-order chi connectivity index (χ0) is 46.4. The summed E-state index contributed by atoms with van der Waals surface area (Å²) in [7, 11) is 0.827. The molecule has 0 unspecified atom stereocenters. The Morgan fingerprint density at radius 3 is 2.10 bits per heavy atom. The van der Waals surface area contributed by atoms with Gasteiger partial charge in [-0.1, -0.05) is 141 Å². The monoisotopic (exact) mass is 898 g/mol. The van der Waals surface area contributed by atoms with Gasteiger partial charge in [0, 0.05) is 75.7 Å². The van der Waals surface area contributed by atoms with Crippen molar-refractivity contribution < 1.29 is 4.42 Å². The lowest BCUT2D eigenvalue weighted by Gasteiger charge is -2.41. The lowest BCUT2D eigenvalue weighted by molar-refractivity contribution is 0.332. The molecule has 1 aliphatic heterocycles. The van der Waals surface area contributed by atoms with Gasteiger partial charge in [0.25, 0.3) is 0 Å². The number of hydrogen-bond donors (Lipinski definition) is 1. The van der Waals surface area contributed by atoms with E-state index in [1.54, 1.807) is 0 Å². The van der Waals surface area contributed by atoms with E-state index in [-0.39, 0.29) is 21.7 Å². The second kappa shape index (κ2) is 13.4. The number of furan rings is 1. The van der Waals surface area contributed by atoms with E-state index < -0.39 is 0 Å². The maximum Gasteiger partial charge on any atom is 0.198 e. The maximum absolute atomic E-state index is 6.97. The van der Waals surface area contributed by atoms with Crippen molar-refractivity contribution in [3.8, 4) is 27.9 Å². The third-order valence-corrected chi connectivity index (χ3v) is 18.0. The summed E-state index contributed by atoms with van der Waals surface area (Å²) >= 11 is 1.91. The Bertz CT molecular complexity index is 4030. The molecule has 1 N–H and O–H groups in total. The normalized spacial score (nSPS) is 16.4. The van der Waals surface area contributed by atoms with Gasteiger partial charge in [-0.15, -0.1) is 11.3 Å². The molecule has 0 saturated carbocycles. The summed E-state index contributed by atoms with van der Waals surface area (Å²) in [6, 6.07) is 51.4. The summed E-state index contributed by atoms with van der Waals surface area (Å²) in [5.74, 6) is 0. The fourth-order valence-electron chi connectivity index (χ4n) is 12.9. The van der Waals surface area contributed by atoms with Gasteiger partial charge in [-0.3, -0.25) is 0 Å². The number of nitrogens with zero attached hydrogens (tertiary/aromatic N) is 1. The molecule has 11 aromatic rings. The highest BCUT2D eigenvalue weighted by Crippen LogP contribution is 2.54. The van der Waals surface area contributed by atoms with E-state index in [1.807, 2.05) is 11.3 Å². The molecule has 0 fully saturated rings. The molecule has 3 aromatic heterocycles. The highest BCUT2D eigenvalue weighted by atomic mass is 32.1. The number of fused-ring (bicyclic) bond motifs is 16. The van der Waals surface area contributed by atoms with Gasteiger partial charge >= 0.3 is 0 Å². The molecule has 0 saturated heterocycles. The molecular formula is C63H55BN2OS. The third-order valence-electron chi connectivity index (χ3n) is 16.8. The SMILES string of the molecule is CC(C)(C)c1ccc(Nc2cc3oc4cc5c(cc4c3cc2-c2ccc3c4c6c(ccc4n4c3c2Bc2cc3sc7ccccc7c3cc2-4)C(C)(C)c2ccccc2-6)C(C)(C)CCC5(C)C)cc1. The van der Waals surface area contributed by atoms with Gasteiger partial charge in [0.05, 0.1) is 11.2 Å². The van der Waals surface area contributed by atoms with Gasteiger partial charge in [-0.2, -0.15) is 0 Å². The van der Waals surface area contributed by atoms with Crippen LogP contribution in [0.15, 0.2) is 138 Å². The molecule has 14 rings (SSSR count). The van der Waals surface area contributed by atoms with Crippen LogP contribution in [0.5, 0.6) is 0 Å². The van der Waals surface area contributed by atoms with Crippen molar-refractivity contribution in [2.24, 2.45) is 0 Å². The second-order valence-corrected chi connectivity index (χ2v) is 24.3. The molecule has 4 heterocycles. The van der Waals surface area contributed by atoms with E-state index in [4.69, 9.17) is 4.42 Å². The minimum absolute atomic E-state index is 0.0609. The smallest absolute Gasteiger partial charge is 0.198 e. The van der Waals surface area contributed by atoms with Crippen molar-refractivity contribution in [1.82, 2.24) is 4.57 Å². The molecule has 332 valence electrons. The van der Waals surface area contributed by atoms with Crippen LogP contribution in [-0.2, 0) is 21.7 Å². The van der Waals surface area contributed by atoms with Crippen LogP contribution in [0.2, 0.25) is 0 Å². The minimum Gasteiger partial charge on any atom is -0.456 e. The first-order valence-electron chi connectivity index (χ1n) is 24.7. The van der Waals surface area contributed by atoms with Crippen molar-refractivity contribution in [3.05, 3.63) is 161 Å². The predicted molar refractivity (Wildman–Crippen MR) is 294 cm³/mol. The predicted octanol–water partition coefficient (Wildman–Crippen LogP) is 16.1. The zero-order valence-corrected chi connectivity index (χ0v) is 41.4. The molecule has 0 spiro atoms. The van der Waals surface area contributed by atoms with Crippen molar-refractivity contribution in [2.75, 3.05) is 5.32 Å². The lowest BCUT2D eigenvalue weighted by Crippen LogP contribution is -2.37. The molecule has 0 atom stereocenters. The number of benzene rings is 8. The van der Waals surface area contributed by atoms with E-state index in [0.29, 0.717) is 0 Å². The zero-order valence-electron chi connectivity index (χ0n) is 40.6. The Morgan fingerprint density at radius 1 is 0.588 bits per heavy atom. The number of rotatable bonds is 3. The molecule has 68 heavy (non-hydrogen) atoms. The molecule has 3 nitrogen and oxygen atoms in total. The van der Waals surface area contributed by atoms with Crippen LogP contribution in [0.3, 0.4) is 0 Å². The number of nitrogens with one attached hydrogen (secondary N) is 1. The average molecular weight is 899 g/mol. The molecule has 0 radical (unpaired) electrons. The van der Waals surface area contributed by atoms with Crippen molar-refractivity contribution >= 4 is 105 Å². The van der Waals surface area contributed by atoms with Crippen LogP contribution in [0.25, 0.3) is 91.9 Å². The van der Waals surface area contributed by atoms with Crippen LogP contribution in [0.4, 0.5) is 11.4 Å². The molecule has 0 amide bonds. The van der Waals surface area contributed by atoms with Gasteiger partial charge in [-0.05, 0) is 134 Å². The van der Waals surface area contributed by atoms with Gasteiger partial charge in [0.15, 0.2) is 7.28 Å². The number of anilines is 2. The van der Waals surface area contributed by atoms with Crippen LogP contribution in [0.1, 0.15) is 103 Å². The van der Waals surface area contributed by atoms with Crippen molar-refractivity contribution in [3.63, 3.8) is 0 Å². The Morgan fingerprint density at radius 2 is 1.31 bits per heavy atom. The van der Waals surface area contributed by atoms with Crippen molar-refractivity contribution in [1.29, 1.82) is 0 Å². The Kier molecular flexibility index (Phi) is 7.96. The minimum atomic E-state index is -0.101. The van der Waals surface area contributed by atoms with Crippen LogP contribution in [0, 0.1) is 0 Å². The van der Waals surface area contributed by atoms with Gasteiger partial charge in [-0.25, -0.2) is 0 Å². The Balaban J connectivity index is 1.08. The first-order chi connectivity index (χ1) is 32.5. The summed E-state index contributed by atoms with van der Waals surface area (Å²) in [6.45, 7) is 21.3. The largest absolute Gasteiger partial charge is 0.456 e. The fraction of sp³-hybridized carbons (Fsp3) is 0.238. The molecule has 2 aliphatic carbocycles. The molecule has 0 bridgehead atoms. The summed E-state index contributed by atoms with van der Waals surface area (Å²) in [4.78, 5) is 0. The Hall–Kier alpha value is -6.56. The van der Waals surface area contributed by atoms with Gasteiger partial charge in [0.2, 0.25) is 0 Å². The number of thiophene rings is 1. The molecule has 3 aliphatic rings. The fourth-order valence-corrected chi connectivity index (χ4v) is 14.0. The van der Waals surface area contributed by atoms with Crippen LogP contribution >= 0.6 is 11.3 Å². The van der Waals surface area contributed by atoms with Gasteiger partial charge in [0.1, 0.15) is 11.2 Å². The quantitative estimate of drug-likeness (QED) is 0.179. The molecule has 8 aromatic carbocycles. The van der Waals surface area contributed by atoms with E-state index in [9.17, 15) is 0 Å². The standard InChI is InChI=1S/C63H55BN2OS/c1-60(2,3)34-18-20-35(21-19-34)65-49-33-53-41(42-29-46-47(31-52(42)67-53)62(6,7)27-26-61(46,4)5)28-40(49)37-22-23-39-57-50(25-24-45-56(57)38-15-10-12-16-44(38)63(45,8)9)66-51-30-43-36-14-11-13-17-54(36)68-55(43)32-48(51)64-58(37)59(39)66/h10-25,28-33,64-65H,26-27H2,1-9H3. The summed E-state index contributed by atoms with van der Waals surface area (Å²) in [5.41, 5.74) is 22.9. The van der Waals surface area contributed by atoms with Crippen LogP contribution in [-0.4, -0.2) is 11.8 Å². The van der Waals surface area contributed by atoms with Crippen LogP contribution < -0.4 is 16.2 Å². The average Bonchev–Trinajstić information content (AvgIpc) is 4.03. The summed E-state index contributed by atoms with van der Waals surface area (Å²) in [6.07, 6.45) is 2.33. The second-order valence-electron chi connectivity index (χ2n) is 23.2. The number of aromatic nitrogens is 1. The molecule has 5 heteroatoms. The Labute approximate surface area is 403 Å².